The van der Waals surface area contributed by atoms with E-state index in [0.29, 0.717) is 35.9 Å². The molecule has 3 amide bonds. The number of carbonyl (C=O) groups is 3. The lowest BCUT2D eigenvalue weighted by Crippen LogP contribution is -2.32. The van der Waals surface area contributed by atoms with E-state index < -0.39 is 5.91 Å². The predicted octanol–water partition coefficient (Wildman–Crippen LogP) is 2.21. The van der Waals surface area contributed by atoms with E-state index in [1.165, 1.54) is 33.5 Å². The van der Waals surface area contributed by atoms with E-state index in [9.17, 15) is 14.4 Å². The molecule has 0 saturated carbocycles. The normalized spacial score (nSPS) is 13.0. The second kappa shape index (κ2) is 9.84. The summed E-state index contributed by atoms with van der Waals surface area (Å²) in [4.78, 5) is 38.2. The fraction of sp³-hybridized carbons (Fsp3) is 0.318. The van der Waals surface area contributed by atoms with Gasteiger partial charge in [0.1, 0.15) is 0 Å². The summed E-state index contributed by atoms with van der Waals surface area (Å²) in [5.74, 6) is 0.314. The first-order chi connectivity index (χ1) is 15.0. The van der Waals surface area contributed by atoms with Crippen molar-refractivity contribution < 1.29 is 28.6 Å². The van der Waals surface area contributed by atoms with Crippen molar-refractivity contribution in [2.75, 3.05) is 44.6 Å². The van der Waals surface area contributed by atoms with Gasteiger partial charge in [-0.2, -0.15) is 0 Å². The van der Waals surface area contributed by atoms with E-state index in [4.69, 9.17) is 14.2 Å². The third-order valence-corrected chi connectivity index (χ3v) is 4.87. The number of nitrogens with zero attached hydrogens (tertiary/aromatic N) is 1. The van der Waals surface area contributed by atoms with Crippen LogP contribution in [0.5, 0.6) is 17.2 Å². The van der Waals surface area contributed by atoms with Gasteiger partial charge in [-0.05, 0) is 42.8 Å². The minimum Gasteiger partial charge on any atom is -0.493 e. The van der Waals surface area contributed by atoms with E-state index in [0.717, 1.165) is 12.1 Å². The zero-order valence-electron chi connectivity index (χ0n) is 17.7. The summed E-state index contributed by atoms with van der Waals surface area (Å²) in [6, 6.07) is 10.0. The van der Waals surface area contributed by atoms with Crippen LogP contribution in [0.3, 0.4) is 0 Å². The zero-order valence-corrected chi connectivity index (χ0v) is 17.7. The van der Waals surface area contributed by atoms with Crippen molar-refractivity contribution >= 4 is 29.1 Å². The molecular weight excluding hydrogens is 402 g/mol. The SMILES string of the molecule is COc1cc(C(=O)NCC(=O)Nc2ccc(N3CCCC3=O)cc2)cc(OC)c1OC. The van der Waals surface area contributed by atoms with E-state index in [1.807, 2.05) is 0 Å². The summed E-state index contributed by atoms with van der Waals surface area (Å²) in [5, 5.41) is 5.28. The van der Waals surface area contributed by atoms with Crippen LogP contribution in [0, 0.1) is 0 Å². The Morgan fingerprint density at radius 1 is 1.00 bits per heavy atom. The lowest BCUT2D eigenvalue weighted by atomic mass is 10.1. The van der Waals surface area contributed by atoms with Crippen LogP contribution in [-0.4, -0.2) is 52.1 Å². The van der Waals surface area contributed by atoms with Crippen LogP contribution in [0.15, 0.2) is 36.4 Å². The van der Waals surface area contributed by atoms with Crippen LogP contribution in [0.1, 0.15) is 23.2 Å². The monoisotopic (exact) mass is 427 g/mol. The molecule has 9 heteroatoms. The van der Waals surface area contributed by atoms with Gasteiger partial charge in [0.2, 0.25) is 17.6 Å². The Bertz CT molecular complexity index is 949. The molecule has 1 fully saturated rings. The van der Waals surface area contributed by atoms with Gasteiger partial charge in [-0.3, -0.25) is 14.4 Å². The predicted molar refractivity (Wildman–Crippen MR) is 115 cm³/mol. The maximum Gasteiger partial charge on any atom is 0.251 e. The maximum atomic E-state index is 12.5. The highest BCUT2D eigenvalue weighted by atomic mass is 16.5. The molecule has 3 rings (SSSR count). The molecular formula is C22H25N3O6. The minimum atomic E-state index is -0.461. The first kappa shape index (κ1) is 21.9. The van der Waals surface area contributed by atoms with Gasteiger partial charge < -0.3 is 29.7 Å². The minimum absolute atomic E-state index is 0.103. The molecule has 9 nitrogen and oxygen atoms in total. The molecule has 2 aromatic rings. The highest BCUT2D eigenvalue weighted by Crippen LogP contribution is 2.38. The second-order valence-corrected chi connectivity index (χ2v) is 6.84. The van der Waals surface area contributed by atoms with Gasteiger partial charge in [0, 0.05) is 29.9 Å². The molecule has 31 heavy (non-hydrogen) atoms. The van der Waals surface area contributed by atoms with Crippen molar-refractivity contribution in [1.29, 1.82) is 0 Å². The van der Waals surface area contributed by atoms with Gasteiger partial charge in [-0.15, -0.1) is 0 Å². The van der Waals surface area contributed by atoms with Crippen molar-refractivity contribution in [3.8, 4) is 17.2 Å². The van der Waals surface area contributed by atoms with E-state index >= 15 is 0 Å². The number of nitrogens with one attached hydrogen (secondary N) is 2. The molecule has 0 spiro atoms. The van der Waals surface area contributed by atoms with E-state index in [-0.39, 0.29) is 23.9 Å². The van der Waals surface area contributed by atoms with Crippen molar-refractivity contribution in [1.82, 2.24) is 5.32 Å². The number of carbonyl (C=O) groups excluding carboxylic acids is 3. The summed E-state index contributed by atoms with van der Waals surface area (Å²) >= 11 is 0. The molecule has 1 heterocycles. The Labute approximate surface area is 180 Å². The average molecular weight is 427 g/mol. The largest absolute Gasteiger partial charge is 0.493 e. The topological polar surface area (TPSA) is 106 Å². The molecule has 2 aromatic carbocycles. The highest BCUT2D eigenvalue weighted by molar-refractivity contribution is 6.00. The number of methoxy groups -OCH3 is 3. The summed E-state index contributed by atoms with van der Waals surface area (Å²) in [6.45, 7) is 0.485. The fourth-order valence-electron chi connectivity index (χ4n) is 3.33. The van der Waals surface area contributed by atoms with Gasteiger partial charge in [-0.25, -0.2) is 0 Å². The van der Waals surface area contributed by atoms with Crippen LogP contribution in [0.4, 0.5) is 11.4 Å². The first-order valence-electron chi connectivity index (χ1n) is 9.75. The number of hydrogen-bond acceptors (Lipinski definition) is 6. The average Bonchev–Trinajstić information content (AvgIpc) is 3.22. The highest BCUT2D eigenvalue weighted by Gasteiger charge is 2.21. The fourth-order valence-corrected chi connectivity index (χ4v) is 3.33. The lowest BCUT2D eigenvalue weighted by Gasteiger charge is -2.16. The molecule has 1 aliphatic rings. The molecule has 2 N–H and O–H groups in total. The summed E-state index contributed by atoms with van der Waals surface area (Å²) in [7, 11) is 4.38. The zero-order chi connectivity index (χ0) is 22.4. The summed E-state index contributed by atoms with van der Waals surface area (Å²) < 4.78 is 15.7. The second-order valence-electron chi connectivity index (χ2n) is 6.84. The van der Waals surface area contributed by atoms with Crippen molar-refractivity contribution in [3.63, 3.8) is 0 Å². The maximum absolute atomic E-state index is 12.5. The van der Waals surface area contributed by atoms with E-state index in [1.54, 1.807) is 29.2 Å². The number of hydrogen-bond donors (Lipinski definition) is 2. The molecule has 0 atom stereocenters. The molecule has 0 bridgehead atoms. The van der Waals surface area contributed by atoms with Gasteiger partial charge in [0.05, 0.1) is 27.9 Å². The van der Waals surface area contributed by atoms with Crippen molar-refractivity contribution in [2.45, 2.75) is 12.8 Å². The lowest BCUT2D eigenvalue weighted by molar-refractivity contribution is -0.117. The third kappa shape index (κ3) is 5.06. The van der Waals surface area contributed by atoms with Crippen LogP contribution in [0.2, 0.25) is 0 Å². The quantitative estimate of drug-likeness (QED) is 0.669. The summed E-state index contributed by atoms with van der Waals surface area (Å²) in [5.41, 5.74) is 1.64. The van der Waals surface area contributed by atoms with E-state index in [2.05, 4.69) is 10.6 Å². The van der Waals surface area contributed by atoms with Gasteiger partial charge in [0.15, 0.2) is 11.5 Å². The molecule has 1 saturated heterocycles. The smallest absolute Gasteiger partial charge is 0.251 e. The number of amides is 3. The Balaban J connectivity index is 1.58. The Hall–Kier alpha value is -3.75. The molecule has 1 aliphatic heterocycles. The molecule has 0 unspecified atom stereocenters. The first-order valence-corrected chi connectivity index (χ1v) is 9.75. The molecule has 0 aromatic heterocycles. The third-order valence-electron chi connectivity index (χ3n) is 4.87. The number of rotatable bonds is 8. The van der Waals surface area contributed by atoms with Crippen LogP contribution < -0.4 is 29.7 Å². The van der Waals surface area contributed by atoms with Crippen LogP contribution in [-0.2, 0) is 9.59 Å². The standard InChI is InChI=1S/C22H25N3O6/c1-29-17-11-14(12-18(30-2)21(17)31-3)22(28)23-13-19(26)24-15-6-8-16(9-7-15)25-10-4-5-20(25)27/h6-9,11-12H,4-5,10,13H2,1-3H3,(H,23,28)(H,24,26). The van der Waals surface area contributed by atoms with Gasteiger partial charge >= 0.3 is 0 Å². The molecule has 0 radical (unpaired) electrons. The summed E-state index contributed by atoms with van der Waals surface area (Å²) in [6.07, 6.45) is 1.41. The van der Waals surface area contributed by atoms with Gasteiger partial charge in [0.25, 0.3) is 5.91 Å². The van der Waals surface area contributed by atoms with Crippen molar-refractivity contribution in [3.05, 3.63) is 42.0 Å². The van der Waals surface area contributed by atoms with Crippen molar-refractivity contribution in [2.24, 2.45) is 0 Å². The van der Waals surface area contributed by atoms with Crippen LogP contribution in [0.25, 0.3) is 0 Å². The number of ether oxygens (including phenoxy) is 3. The number of benzene rings is 2. The Morgan fingerprint density at radius 2 is 1.65 bits per heavy atom. The number of anilines is 2. The molecule has 164 valence electrons. The Morgan fingerprint density at radius 3 is 2.16 bits per heavy atom. The molecule has 0 aliphatic carbocycles. The van der Waals surface area contributed by atoms with Gasteiger partial charge in [-0.1, -0.05) is 0 Å². The Kier molecular flexibility index (Phi) is 6.96. The van der Waals surface area contributed by atoms with Crippen LogP contribution >= 0.6 is 0 Å².